The molecule has 120 valence electrons. The molecule has 1 amide bonds. The van der Waals surface area contributed by atoms with Crippen molar-refractivity contribution < 1.29 is 14.3 Å². The van der Waals surface area contributed by atoms with E-state index in [0.717, 1.165) is 18.4 Å². The van der Waals surface area contributed by atoms with Gasteiger partial charge in [-0.25, -0.2) is 4.79 Å². The van der Waals surface area contributed by atoms with E-state index in [1.807, 2.05) is 30.3 Å². The summed E-state index contributed by atoms with van der Waals surface area (Å²) in [5, 5.41) is 2.92. The van der Waals surface area contributed by atoms with Crippen LogP contribution in [0.5, 0.6) is 0 Å². The van der Waals surface area contributed by atoms with Crippen LogP contribution in [-0.4, -0.2) is 19.0 Å². The highest BCUT2D eigenvalue weighted by atomic mass is 16.5. The lowest BCUT2D eigenvalue weighted by Gasteiger charge is -2.16. The fourth-order valence-corrected chi connectivity index (χ4v) is 2.46. The Hall–Kier alpha value is -2.62. The molecule has 0 bridgehead atoms. The van der Waals surface area contributed by atoms with Crippen molar-refractivity contribution in [2.24, 2.45) is 0 Å². The van der Waals surface area contributed by atoms with Gasteiger partial charge in [-0.2, -0.15) is 0 Å². The van der Waals surface area contributed by atoms with Crippen molar-refractivity contribution in [3.8, 4) is 0 Å². The summed E-state index contributed by atoms with van der Waals surface area (Å²) in [7, 11) is 1.34. The van der Waals surface area contributed by atoms with Gasteiger partial charge in [0.1, 0.15) is 0 Å². The maximum Gasteiger partial charge on any atom is 0.337 e. The lowest BCUT2D eigenvalue weighted by atomic mass is 9.93. The predicted molar refractivity (Wildman–Crippen MR) is 90.5 cm³/mol. The number of hydrogen-bond donors (Lipinski definition) is 1. The molecular weight excluding hydrogens is 290 g/mol. The van der Waals surface area contributed by atoms with Gasteiger partial charge in [-0.3, -0.25) is 4.79 Å². The van der Waals surface area contributed by atoms with Crippen LogP contribution in [0, 0.1) is 0 Å². The van der Waals surface area contributed by atoms with Gasteiger partial charge in [-0.15, -0.1) is 0 Å². The number of nitrogens with one attached hydrogen (secondary N) is 1. The number of ether oxygens (including phenoxy) is 1. The molecule has 4 nitrogen and oxygen atoms in total. The predicted octanol–water partition coefficient (Wildman–Crippen LogP) is 4.00. The van der Waals surface area contributed by atoms with Gasteiger partial charge in [0.05, 0.1) is 18.6 Å². The van der Waals surface area contributed by atoms with E-state index in [0.29, 0.717) is 11.3 Å². The van der Waals surface area contributed by atoms with E-state index in [9.17, 15) is 9.59 Å². The molecule has 23 heavy (non-hydrogen) atoms. The van der Waals surface area contributed by atoms with Crippen molar-refractivity contribution >= 4 is 17.6 Å². The number of methoxy groups -OCH3 is 1. The molecule has 2 aromatic rings. The summed E-state index contributed by atoms with van der Waals surface area (Å²) in [6.07, 6.45) is 1.71. The second-order valence-corrected chi connectivity index (χ2v) is 5.31. The lowest BCUT2D eigenvalue weighted by Crippen LogP contribution is -2.21. The Balaban J connectivity index is 2.11. The van der Waals surface area contributed by atoms with Crippen LogP contribution >= 0.6 is 0 Å². The molecule has 0 fully saturated rings. The average Bonchev–Trinajstić information content (AvgIpc) is 2.60. The summed E-state index contributed by atoms with van der Waals surface area (Å²) in [4.78, 5) is 24.0. The largest absolute Gasteiger partial charge is 0.465 e. The minimum absolute atomic E-state index is 0.0381. The molecule has 4 heteroatoms. The third-order valence-corrected chi connectivity index (χ3v) is 3.67. The maximum atomic E-state index is 12.6. The fourth-order valence-electron chi connectivity index (χ4n) is 2.46. The van der Waals surface area contributed by atoms with Gasteiger partial charge in [-0.1, -0.05) is 43.7 Å². The van der Waals surface area contributed by atoms with Gasteiger partial charge in [0, 0.05) is 5.69 Å². The first-order valence-corrected chi connectivity index (χ1v) is 7.70. The Morgan fingerprint density at radius 1 is 1.04 bits per heavy atom. The summed E-state index contributed by atoms with van der Waals surface area (Å²) in [6, 6.07) is 16.5. The van der Waals surface area contributed by atoms with E-state index in [4.69, 9.17) is 0 Å². The number of esters is 1. The highest BCUT2D eigenvalue weighted by Gasteiger charge is 2.19. The van der Waals surface area contributed by atoms with E-state index >= 15 is 0 Å². The second-order valence-electron chi connectivity index (χ2n) is 5.31. The minimum atomic E-state index is -0.393. The van der Waals surface area contributed by atoms with Crippen LogP contribution < -0.4 is 5.32 Å². The lowest BCUT2D eigenvalue weighted by molar-refractivity contribution is -0.117. The quantitative estimate of drug-likeness (QED) is 0.821. The maximum absolute atomic E-state index is 12.6. The normalized spacial score (nSPS) is 11.6. The molecule has 0 saturated heterocycles. The van der Waals surface area contributed by atoms with Crippen molar-refractivity contribution in [1.29, 1.82) is 0 Å². The zero-order chi connectivity index (χ0) is 16.7. The fraction of sp³-hybridized carbons (Fsp3) is 0.263. The Kier molecular flexibility index (Phi) is 5.92. The monoisotopic (exact) mass is 311 g/mol. The van der Waals surface area contributed by atoms with E-state index < -0.39 is 5.97 Å². The zero-order valence-corrected chi connectivity index (χ0v) is 13.4. The molecule has 0 radical (unpaired) electrons. The van der Waals surface area contributed by atoms with Gasteiger partial charge in [0.15, 0.2) is 0 Å². The number of anilines is 1. The van der Waals surface area contributed by atoms with E-state index in [1.54, 1.807) is 24.3 Å². The van der Waals surface area contributed by atoms with Gasteiger partial charge < -0.3 is 10.1 Å². The highest BCUT2D eigenvalue weighted by Crippen LogP contribution is 2.23. The van der Waals surface area contributed by atoms with Crippen molar-refractivity contribution in [3.05, 3.63) is 65.7 Å². The van der Waals surface area contributed by atoms with Crippen molar-refractivity contribution in [1.82, 2.24) is 0 Å². The smallest absolute Gasteiger partial charge is 0.337 e. The summed E-state index contributed by atoms with van der Waals surface area (Å²) in [6.45, 7) is 2.06. The molecular formula is C19H21NO3. The molecule has 0 aliphatic heterocycles. The Morgan fingerprint density at radius 3 is 2.26 bits per heavy atom. The molecule has 0 saturated carbocycles. The van der Waals surface area contributed by atoms with E-state index in [-0.39, 0.29) is 11.8 Å². The van der Waals surface area contributed by atoms with Crippen LogP contribution in [-0.2, 0) is 9.53 Å². The first kappa shape index (κ1) is 16.7. The highest BCUT2D eigenvalue weighted by molar-refractivity contribution is 5.96. The van der Waals surface area contributed by atoms with Crippen molar-refractivity contribution in [2.75, 3.05) is 12.4 Å². The van der Waals surface area contributed by atoms with Crippen LogP contribution in [0.3, 0.4) is 0 Å². The molecule has 2 aromatic carbocycles. The Bertz CT molecular complexity index is 650. The topological polar surface area (TPSA) is 55.4 Å². The molecule has 2 rings (SSSR count). The van der Waals surface area contributed by atoms with E-state index in [2.05, 4.69) is 17.0 Å². The molecule has 0 unspecified atom stereocenters. The third-order valence-electron chi connectivity index (χ3n) is 3.67. The van der Waals surface area contributed by atoms with Crippen LogP contribution in [0.4, 0.5) is 5.69 Å². The first-order chi connectivity index (χ1) is 11.2. The van der Waals surface area contributed by atoms with Gasteiger partial charge in [-0.05, 0) is 36.2 Å². The van der Waals surface area contributed by atoms with E-state index in [1.165, 1.54) is 7.11 Å². The zero-order valence-electron chi connectivity index (χ0n) is 13.4. The van der Waals surface area contributed by atoms with Crippen molar-refractivity contribution in [3.63, 3.8) is 0 Å². The number of rotatable bonds is 6. The SMILES string of the molecule is CCC[C@@H](C(=O)Nc1ccc(C(=O)OC)cc1)c1ccccc1. The first-order valence-electron chi connectivity index (χ1n) is 7.70. The second kappa shape index (κ2) is 8.13. The molecule has 0 spiro atoms. The molecule has 0 aliphatic carbocycles. The standard InChI is InChI=1S/C19H21NO3/c1-3-7-17(14-8-5-4-6-9-14)18(21)20-16-12-10-15(11-13-16)19(22)23-2/h4-6,8-13,17H,3,7H2,1-2H3,(H,20,21)/t17-/m1/s1. The van der Waals surface area contributed by atoms with Crippen LogP contribution in [0.1, 0.15) is 41.6 Å². The number of hydrogen-bond acceptors (Lipinski definition) is 3. The molecule has 0 aromatic heterocycles. The van der Waals surface area contributed by atoms with Crippen molar-refractivity contribution in [2.45, 2.75) is 25.7 Å². The molecule has 1 N–H and O–H groups in total. The van der Waals surface area contributed by atoms with Gasteiger partial charge >= 0.3 is 5.97 Å². The number of benzene rings is 2. The Morgan fingerprint density at radius 2 is 1.70 bits per heavy atom. The third kappa shape index (κ3) is 4.42. The Labute approximate surface area is 136 Å². The summed E-state index contributed by atoms with van der Waals surface area (Å²) >= 11 is 0. The summed E-state index contributed by atoms with van der Waals surface area (Å²) in [5.41, 5.74) is 2.14. The molecule has 0 heterocycles. The minimum Gasteiger partial charge on any atom is -0.465 e. The molecule has 1 atom stereocenters. The number of carbonyl (C=O) groups excluding carboxylic acids is 2. The average molecular weight is 311 g/mol. The van der Waals surface area contributed by atoms with Gasteiger partial charge in [0.2, 0.25) is 5.91 Å². The molecule has 0 aliphatic rings. The van der Waals surface area contributed by atoms with Crippen LogP contribution in [0.15, 0.2) is 54.6 Å². The number of carbonyl (C=O) groups is 2. The van der Waals surface area contributed by atoms with Crippen LogP contribution in [0.2, 0.25) is 0 Å². The summed E-state index contributed by atoms with van der Waals surface area (Å²) in [5.74, 6) is -0.610. The van der Waals surface area contributed by atoms with Gasteiger partial charge in [0.25, 0.3) is 0 Å². The summed E-state index contributed by atoms with van der Waals surface area (Å²) < 4.78 is 4.66. The number of amides is 1. The van der Waals surface area contributed by atoms with Crippen LogP contribution in [0.25, 0.3) is 0 Å².